The monoisotopic (exact) mass is 634 g/mol. The maximum atomic E-state index is 12.3. The van der Waals surface area contributed by atoms with E-state index in [0.717, 1.165) is 67.0 Å². The van der Waals surface area contributed by atoms with Crippen molar-refractivity contribution in [2.75, 3.05) is 30.3 Å². The number of nitrogens with one attached hydrogen (secondary N) is 2. The molecule has 2 aromatic carbocycles. The third-order valence-corrected chi connectivity index (χ3v) is 7.99. The second-order valence-corrected chi connectivity index (χ2v) is 12.2. The number of para-hydroxylation sites is 1. The number of fused-ring (bicyclic) bond motifs is 1. The lowest BCUT2D eigenvalue weighted by atomic mass is 9.83. The quantitative estimate of drug-likeness (QED) is 0.158. The summed E-state index contributed by atoms with van der Waals surface area (Å²) >= 11 is 0. The lowest BCUT2D eigenvalue weighted by Gasteiger charge is -2.26. The van der Waals surface area contributed by atoms with Crippen molar-refractivity contribution in [3.05, 3.63) is 53.6 Å². The highest BCUT2D eigenvalue weighted by Crippen LogP contribution is 2.37. The summed E-state index contributed by atoms with van der Waals surface area (Å²) in [6, 6.07) is 8.10. The maximum Gasteiger partial charge on any atom is 0.416 e. The molecule has 3 aromatic rings. The molecular weight excluding hydrogens is 598 g/mol. The van der Waals surface area contributed by atoms with Crippen LogP contribution >= 0.6 is 0 Å². The van der Waals surface area contributed by atoms with Crippen molar-refractivity contribution in [3.63, 3.8) is 0 Å². The fraction of sp³-hybridized carbons (Fsp3) is 0.500. The third-order valence-electron chi connectivity index (χ3n) is 7.10. The Morgan fingerprint density at radius 1 is 0.884 bits per heavy atom. The molecule has 1 heterocycles. The average molecular weight is 635 g/mol. The first kappa shape index (κ1) is 34.3. The fourth-order valence-electron chi connectivity index (χ4n) is 4.63. The molecule has 1 fully saturated rings. The molecule has 6 N–H and O–H groups in total. The number of aromatic nitrogens is 2. The van der Waals surface area contributed by atoms with Crippen LogP contribution in [0, 0.1) is 11.8 Å². The molecule has 0 atom stereocenters. The number of hydrogen-bond donors (Lipinski definition) is 4. The summed E-state index contributed by atoms with van der Waals surface area (Å²) < 4.78 is 95.6. The summed E-state index contributed by atoms with van der Waals surface area (Å²) in [4.78, 5) is 8.19. The van der Waals surface area contributed by atoms with Gasteiger partial charge in [0.25, 0.3) is 0 Å². The minimum atomic E-state index is -5.11. The Kier molecular flexibility index (Phi) is 11.6. The number of halogens is 6. The van der Waals surface area contributed by atoms with Crippen LogP contribution in [0.25, 0.3) is 10.9 Å². The topological polar surface area (TPSA) is 136 Å². The fourth-order valence-corrected chi connectivity index (χ4v) is 5.21. The summed E-state index contributed by atoms with van der Waals surface area (Å²) in [6.07, 6.45) is -2.82. The highest BCUT2D eigenvalue weighted by Gasteiger charge is 2.37. The van der Waals surface area contributed by atoms with E-state index in [1.54, 1.807) is 0 Å². The van der Waals surface area contributed by atoms with Gasteiger partial charge in [0.2, 0.25) is 16.0 Å². The van der Waals surface area contributed by atoms with E-state index < -0.39 is 38.4 Å². The lowest BCUT2D eigenvalue weighted by Crippen LogP contribution is -2.21. The van der Waals surface area contributed by atoms with Gasteiger partial charge in [-0.1, -0.05) is 31.9 Å². The zero-order chi connectivity index (χ0) is 31.8. The van der Waals surface area contributed by atoms with Crippen LogP contribution in [0.1, 0.15) is 56.6 Å². The molecule has 238 valence electrons. The molecule has 0 amide bonds. The standard InChI is InChI=1S/C20H31N5.C8H5F6NO2S/c1-15-8-10-16(11-9-15)14-23-20-24-18-7-3-2-6-17(18)19(25-20)22-13-5-4-12-21;9-7(10,11)4-1-5(8(12,13)14)3-6(2-4)18(15,16)17/h2-3,6-7,15-16H,4-5,8-14,21H2,1H3,(H2,22,23,24,25);1-3H,(H2,15,16,17). The van der Waals surface area contributed by atoms with E-state index in [4.69, 9.17) is 15.7 Å². The van der Waals surface area contributed by atoms with Gasteiger partial charge in [0.15, 0.2) is 0 Å². The highest BCUT2D eigenvalue weighted by atomic mass is 32.2. The molecular formula is C28H36F6N6O2S. The van der Waals surface area contributed by atoms with E-state index >= 15 is 0 Å². The number of nitrogens with zero attached hydrogens (tertiary/aromatic N) is 2. The Hall–Kier alpha value is -3.17. The second kappa shape index (κ2) is 14.5. The van der Waals surface area contributed by atoms with Gasteiger partial charge in [0.05, 0.1) is 21.5 Å². The Morgan fingerprint density at radius 3 is 2.05 bits per heavy atom. The lowest BCUT2D eigenvalue weighted by molar-refractivity contribution is -0.143. The Balaban J connectivity index is 0.000000250. The largest absolute Gasteiger partial charge is 0.416 e. The van der Waals surface area contributed by atoms with Crippen molar-refractivity contribution in [1.82, 2.24) is 9.97 Å². The van der Waals surface area contributed by atoms with Crippen LogP contribution in [0.2, 0.25) is 0 Å². The number of anilines is 2. The molecule has 1 aromatic heterocycles. The molecule has 0 spiro atoms. The van der Waals surface area contributed by atoms with Gasteiger partial charge < -0.3 is 16.4 Å². The van der Waals surface area contributed by atoms with Crippen LogP contribution in [0.15, 0.2) is 47.4 Å². The smallest absolute Gasteiger partial charge is 0.369 e. The zero-order valence-corrected chi connectivity index (χ0v) is 24.4. The molecule has 1 aliphatic carbocycles. The van der Waals surface area contributed by atoms with Crippen molar-refractivity contribution in [2.24, 2.45) is 22.7 Å². The second-order valence-electron chi connectivity index (χ2n) is 10.6. The first-order valence-electron chi connectivity index (χ1n) is 13.8. The molecule has 0 unspecified atom stereocenters. The number of benzene rings is 2. The summed E-state index contributed by atoms with van der Waals surface area (Å²) in [6.45, 7) is 4.95. The predicted octanol–water partition coefficient (Wildman–Crippen LogP) is 6.39. The zero-order valence-electron chi connectivity index (χ0n) is 23.6. The number of primary sulfonamides is 1. The van der Waals surface area contributed by atoms with Crippen LogP contribution in [0.5, 0.6) is 0 Å². The van der Waals surface area contributed by atoms with Crippen LogP contribution in [0.3, 0.4) is 0 Å². The number of alkyl halides is 6. The van der Waals surface area contributed by atoms with Crippen molar-refractivity contribution in [1.29, 1.82) is 0 Å². The molecule has 0 bridgehead atoms. The van der Waals surface area contributed by atoms with Crippen molar-refractivity contribution in [3.8, 4) is 0 Å². The van der Waals surface area contributed by atoms with Crippen molar-refractivity contribution >= 4 is 32.7 Å². The van der Waals surface area contributed by atoms with Gasteiger partial charge >= 0.3 is 12.4 Å². The van der Waals surface area contributed by atoms with Gasteiger partial charge in [-0.25, -0.2) is 18.5 Å². The summed E-state index contributed by atoms with van der Waals surface area (Å²) in [7, 11) is -4.67. The van der Waals surface area contributed by atoms with E-state index in [1.165, 1.54) is 25.7 Å². The summed E-state index contributed by atoms with van der Waals surface area (Å²) in [5.41, 5.74) is 3.09. The van der Waals surface area contributed by atoms with Crippen molar-refractivity contribution < 1.29 is 34.8 Å². The molecule has 15 heteroatoms. The Morgan fingerprint density at radius 2 is 1.49 bits per heavy atom. The number of nitrogens with two attached hydrogens (primary N) is 2. The number of unbranched alkanes of at least 4 members (excludes halogenated alkanes) is 1. The van der Waals surface area contributed by atoms with Crippen LogP contribution in [0.4, 0.5) is 38.1 Å². The van der Waals surface area contributed by atoms with Gasteiger partial charge in [0, 0.05) is 18.5 Å². The van der Waals surface area contributed by atoms with Crippen LogP contribution in [-0.2, 0) is 22.4 Å². The average Bonchev–Trinajstić information content (AvgIpc) is 2.93. The number of hydrogen-bond acceptors (Lipinski definition) is 7. The van der Waals surface area contributed by atoms with E-state index in [2.05, 4.69) is 34.8 Å². The predicted molar refractivity (Wildman–Crippen MR) is 154 cm³/mol. The number of sulfonamides is 1. The summed E-state index contributed by atoms with van der Waals surface area (Å²) in [5.74, 6) is 3.28. The first-order chi connectivity index (χ1) is 20.1. The SMILES string of the molecule is CC1CCC(CNc2nc(NCCCCN)c3ccccc3n2)CC1.NS(=O)(=O)c1cc(C(F)(F)F)cc(C(F)(F)F)c1. The maximum absolute atomic E-state index is 12.3. The van der Waals surface area contributed by atoms with Gasteiger partial charge in [0.1, 0.15) is 5.82 Å². The minimum absolute atomic E-state index is 0.0462. The molecule has 8 nitrogen and oxygen atoms in total. The van der Waals surface area contributed by atoms with E-state index in [0.29, 0.717) is 0 Å². The van der Waals surface area contributed by atoms with Gasteiger partial charge in [-0.3, -0.25) is 0 Å². The number of rotatable bonds is 9. The molecule has 4 rings (SSSR count). The van der Waals surface area contributed by atoms with Gasteiger partial charge in [-0.05, 0) is 74.4 Å². The summed E-state index contributed by atoms with van der Waals surface area (Å²) in [5, 5.41) is 12.5. The third kappa shape index (κ3) is 10.5. The van der Waals surface area contributed by atoms with Crippen molar-refractivity contribution in [2.45, 2.75) is 62.7 Å². The van der Waals surface area contributed by atoms with E-state index in [1.807, 2.05) is 12.1 Å². The van der Waals surface area contributed by atoms with E-state index in [-0.39, 0.29) is 18.2 Å². The highest BCUT2D eigenvalue weighted by molar-refractivity contribution is 7.89. The molecule has 1 aliphatic rings. The minimum Gasteiger partial charge on any atom is -0.369 e. The Bertz CT molecular complexity index is 1430. The van der Waals surface area contributed by atoms with Gasteiger partial charge in [-0.15, -0.1) is 0 Å². The van der Waals surface area contributed by atoms with Crippen LogP contribution in [-0.4, -0.2) is 38.0 Å². The normalized spacial score (nSPS) is 17.7. The van der Waals surface area contributed by atoms with E-state index in [9.17, 15) is 34.8 Å². The molecule has 1 saturated carbocycles. The molecule has 0 saturated heterocycles. The van der Waals surface area contributed by atoms with Gasteiger partial charge in [-0.2, -0.15) is 31.3 Å². The molecule has 0 radical (unpaired) electrons. The molecule has 43 heavy (non-hydrogen) atoms. The Labute approximate surface area is 246 Å². The molecule has 0 aliphatic heterocycles. The van der Waals surface area contributed by atoms with Crippen LogP contribution < -0.4 is 21.5 Å². The first-order valence-corrected chi connectivity index (χ1v) is 15.4.